The summed E-state index contributed by atoms with van der Waals surface area (Å²) in [6, 6.07) is 6.85. The van der Waals surface area contributed by atoms with E-state index in [1.54, 1.807) is 0 Å². The lowest BCUT2D eigenvalue weighted by Crippen LogP contribution is -2.14. The molecule has 0 heterocycles. The number of carbonyl (C=O) groups is 1. The van der Waals surface area contributed by atoms with Crippen LogP contribution in [0.1, 0.15) is 10.4 Å². The van der Waals surface area contributed by atoms with Crippen molar-refractivity contribution in [1.82, 2.24) is 0 Å². The van der Waals surface area contributed by atoms with Gasteiger partial charge in [0.1, 0.15) is 22.9 Å². The van der Waals surface area contributed by atoms with Crippen molar-refractivity contribution in [2.24, 2.45) is 0 Å². The van der Waals surface area contributed by atoms with Crippen molar-refractivity contribution in [1.29, 1.82) is 0 Å². The van der Waals surface area contributed by atoms with Crippen LogP contribution in [0.2, 0.25) is 5.02 Å². The molecule has 3 nitrogen and oxygen atoms in total. The fraction of sp³-hybridized carbons (Fsp3) is 0. The Morgan fingerprint density at radius 3 is 2.58 bits per heavy atom. The van der Waals surface area contributed by atoms with Crippen LogP contribution in [0.4, 0.5) is 14.5 Å². The average Bonchev–Trinajstić information content (AvgIpc) is 2.32. The highest BCUT2D eigenvalue weighted by molar-refractivity contribution is 6.34. The number of benzene rings is 2. The van der Waals surface area contributed by atoms with Gasteiger partial charge in [-0.2, -0.15) is 0 Å². The molecule has 0 bridgehead atoms. The van der Waals surface area contributed by atoms with E-state index < -0.39 is 28.9 Å². The average molecular weight is 284 g/mol. The molecule has 2 aromatic carbocycles. The summed E-state index contributed by atoms with van der Waals surface area (Å²) < 4.78 is 26.3. The molecule has 0 aliphatic heterocycles. The summed E-state index contributed by atoms with van der Waals surface area (Å²) in [4.78, 5) is 11.8. The van der Waals surface area contributed by atoms with Gasteiger partial charge in [-0.15, -0.1) is 0 Å². The zero-order valence-corrected chi connectivity index (χ0v) is 10.2. The molecule has 0 aromatic heterocycles. The maximum atomic E-state index is 13.5. The Morgan fingerprint density at radius 1 is 1.21 bits per heavy atom. The zero-order chi connectivity index (χ0) is 14.0. The van der Waals surface area contributed by atoms with E-state index in [1.807, 2.05) is 0 Å². The number of nitrogens with one attached hydrogen (secondary N) is 1. The topological polar surface area (TPSA) is 49.3 Å². The minimum absolute atomic E-state index is 0.0239. The van der Waals surface area contributed by atoms with Gasteiger partial charge in [-0.1, -0.05) is 17.7 Å². The Kier molecular flexibility index (Phi) is 3.66. The third-order valence-electron chi connectivity index (χ3n) is 2.40. The smallest absolute Gasteiger partial charge is 0.262 e. The maximum absolute atomic E-state index is 13.5. The number of hydrogen-bond donors (Lipinski definition) is 2. The highest BCUT2D eigenvalue weighted by Gasteiger charge is 2.17. The van der Waals surface area contributed by atoms with Gasteiger partial charge < -0.3 is 10.4 Å². The first-order valence-electron chi connectivity index (χ1n) is 5.23. The van der Waals surface area contributed by atoms with Gasteiger partial charge in [0, 0.05) is 0 Å². The summed E-state index contributed by atoms with van der Waals surface area (Å²) in [6.45, 7) is 0. The van der Waals surface area contributed by atoms with E-state index in [1.165, 1.54) is 18.2 Å². The lowest BCUT2D eigenvalue weighted by Gasteiger charge is -2.09. The number of phenols is 1. The molecule has 0 radical (unpaired) electrons. The summed E-state index contributed by atoms with van der Waals surface area (Å²) in [5.74, 6) is -2.78. The van der Waals surface area contributed by atoms with Gasteiger partial charge in [-0.3, -0.25) is 4.79 Å². The standard InChI is InChI=1S/C13H8ClF2NO2/c14-8-6-7(15)4-5-10(8)17-13(19)12-9(16)2-1-3-11(12)18/h1-6,18H,(H,17,19). The molecule has 0 aliphatic carbocycles. The summed E-state index contributed by atoms with van der Waals surface area (Å²) in [5, 5.41) is 11.7. The molecule has 2 aromatic rings. The van der Waals surface area contributed by atoms with E-state index in [-0.39, 0.29) is 10.7 Å². The van der Waals surface area contributed by atoms with Crippen molar-refractivity contribution in [3.05, 3.63) is 58.6 Å². The molecule has 0 saturated carbocycles. The fourth-order valence-corrected chi connectivity index (χ4v) is 1.73. The van der Waals surface area contributed by atoms with Crippen molar-refractivity contribution in [3.8, 4) is 5.75 Å². The molecule has 6 heteroatoms. The minimum atomic E-state index is -0.871. The minimum Gasteiger partial charge on any atom is -0.507 e. The van der Waals surface area contributed by atoms with Crippen molar-refractivity contribution >= 4 is 23.2 Å². The molecule has 2 N–H and O–H groups in total. The molecule has 19 heavy (non-hydrogen) atoms. The van der Waals surface area contributed by atoms with E-state index >= 15 is 0 Å². The second kappa shape index (κ2) is 5.24. The molecular formula is C13H8ClF2NO2. The molecular weight excluding hydrogens is 276 g/mol. The van der Waals surface area contributed by atoms with Crippen LogP contribution < -0.4 is 5.32 Å². The summed E-state index contributed by atoms with van der Waals surface area (Å²) in [7, 11) is 0. The predicted octanol–water partition coefficient (Wildman–Crippen LogP) is 3.58. The Hall–Kier alpha value is -2.14. The SMILES string of the molecule is O=C(Nc1ccc(F)cc1Cl)c1c(O)cccc1F. The van der Waals surface area contributed by atoms with Crippen LogP contribution in [0.5, 0.6) is 5.75 Å². The normalized spacial score (nSPS) is 10.3. The molecule has 0 saturated heterocycles. The van der Waals surface area contributed by atoms with E-state index in [4.69, 9.17) is 11.6 Å². The molecule has 2 rings (SSSR count). The molecule has 1 amide bonds. The zero-order valence-electron chi connectivity index (χ0n) is 9.45. The quantitative estimate of drug-likeness (QED) is 0.885. The lowest BCUT2D eigenvalue weighted by molar-refractivity contribution is 0.102. The van der Waals surface area contributed by atoms with Gasteiger partial charge in [0.25, 0.3) is 5.91 Å². The maximum Gasteiger partial charge on any atom is 0.262 e. The Morgan fingerprint density at radius 2 is 1.95 bits per heavy atom. The number of amides is 1. The Balaban J connectivity index is 2.31. The molecule has 0 aliphatic rings. The Labute approximate surface area is 112 Å². The largest absolute Gasteiger partial charge is 0.507 e. The van der Waals surface area contributed by atoms with Crippen LogP contribution in [-0.2, 0) is 0 Å². The van der Waals surface area contributed by atoms with E-state index in [0.29, 0.717) is 0 Å². The van der Waals surface area contributed by atoms with Crippen molar-refractivity contribution < 1.29 is 18.7 Å². The first-order valence-corrected chi connectivity index (χ1v) is 5.60. The van der Waals surface area contributed by atoms with Gasteiger partial charge in [0.15, 0.2) is 0 Å². The molecule has 0 spiro atoms. The van der Waals surface area contributed by atoms with Crippen LogP contribution in [0.25, 0.3) is 0 Å². The molecule has 0 unspecified atom stereocenters. The predicted molar refractivity (Wildman–Crippen MR) is 67.4 cm³/mol. The summed E-state index contributed by atoms with van der Waals surface area (Å²) in [6.07, 6.45) is 0. The van der Waals surface area contributed by atoms with Gasteiger partial charge in [0.2, 0.25) is 0 Å². The number of phenolic OH excluding ortho intramolecular Hbond substituents is 1. The first-order chi connectivity index (χ1) is 8.99. The molecule has 98 valence electrons. The van der Waals surface area contributed by atoms with Crippen LogP contribution >= 0.6 is 11.6 Å². The van der Waals surface area contributed by atoms with Crippen molar-refractivity contribution in [3.63, 3.8) is 0 Å². The van der Waals surface area contributed by atoms with Gasteiger partial charge in [-0.05, 0) is 30.3 Å². The first kappa shape index (κ1) is 13.3. The van der Waals surface area contributed by atoms with Gasteiger partial charge >= 0.3 is 0 Å². The van der Waals surface area contributed by atoms with Crippen LogP contribution in [-0.4, -0.2) is 11.0 Å². The molecule has 0 atom stereocenters. The van der Waals surface area contributed by atoms with Crippen molar-refractivity contribution in [2.45, 2.75) is 0 Å². The Bertz CT molecular complexity index is 626. The second-order valence-corrected chi connectivity index (χ2v) is 4.12. The summed E-state index contributed by atoms with van der Waals surface area (Å²) >= 11 is 5.73. The number of hydrogen-bond acceptors (Lipinski definition) is 2. The monoisotopic (exact) mass is 283 g/mol. The number of halogens is 3. The third kappa shape index (κ3) is 2.82. The van der Waals surface area contributed by atoms with Crippen LogP contribution in [0.3, 0.4) is 0 Å². The van der Waals surface area contributed by atoms with Crippen molar-refractivity contribution in [2.75, 3.05) is 5.32 Å². The lowest BCUT2D eigenvalue weighted by atomic mass is 10.1. The van der Waals surface area contributed by atoms with E-state index in [2.05, 4.69) is 5.32 Å². The number of rotatable bonds is 2. The summed E-state index contributed by atoms with van der Waals surface area (Å²) in [5.41, 5.74) is -0.376. The number of aromatic hydroxyl groups is 1. The number of anilines is 1. The molecule has 0 fully saturated rings. The third-order valence-corrected chi connectivity index (χ3v) is 2.71. The van der Waals surface area contributed by atoms with Crippen LogP contribution in [0, 0.1) is 11.6 Å². The highest BCUT2D eigenvalue weighted by atomic mass is 35.5. The van der Waals surface area contributed by atoms with Crippen LogP contribution in [0.15, 0.2) is 36.4 Å². The van der Waals surface area contributed by atoms with Gasteiger partial charge in [0.05, 0.1) is 10.7 Å². The fourth-order valence-electron chi connectivity index (χ4n) is 1.51. The van der Waals surface area contributed by atoms with Gasteiger partial charge in [-0.25, -0.2) is 8.78 Å². The number of carbonyl (C=O) groups excluding carboxylic acids is 1. The van der Waals surface area contributed by atoms with E-state index in [9.17, 15) is 18.7 Å². The van der Waals surface area contributed by atoms with E-state index in [0.717, 1.165) is 18.2 Å². The second-order valence-electron chi connectivity index (χ2n) is 3.71. The highest BCUT2D eigenvalue weighted by Crippen LogP contribution is 2.25.